The highest BCUT2D eigenvalue weighted by molar-refractivity contribution is 9.10. The minimum Gasteiger partial charge on any atom is -0.508 e. The van der Waals surface area contributed by atoms with Gasteiger partial charge in [-0.15, -0.1) is 10.2 Å². The van der Waals surface area contributed by atoms with Crippen molar-refractivity contribution in [2.45, 2.75) is 31.8 Å². The normalized spacial score (nSPS) is 11.4. The van der Waals surface area contributed by atoms with E-state index in [1.54, 1.807) is 54.5 Å². The van der Waals surface area contributed by atoms with Gasteiger partial charge in [-0.3, -0.25) is 14.8 Å². The van der Waals surface area contributed by atoms with E-state index in [-0.39, 0.29) is 11.4 Å². The summed E-state index contributed by atoms with van der Waals surface area (Å²) in [6.45, 7) is 5.03. The molecule has 0 aliphatic heterocycles. The molecule has 146 valence electrons. The Kier molecular flexibility index (Phi) is 5.79. The first kappa shape index (κ1) is 20.0. The van der Waals surface area contributed by atoms with Crippen LogP contribution in [0.3, 0.4) is 0 Å². The summed E-state index contributed by atoms with van der Waals surface area (Å²) in [5.74, 6) is 1.03. The molecule has 3 rings (SSSR count). The van der Waals surface area contributed by atoms with E-state index in [2.05, 4.69) is 36.3 Å². The quantitative estimate of drug-likeness (QED) is 0.256. The molecule has 2 heterocycles. The zero-order valence-electron chi connectivity index (χ0n) is 15.2. The summed E-state index contributed by atoms with van der Waals surface area (Å²) in [5.41, 5.74) is 1.56. The van der Waals surface area contributed by atoms with Crippen LogP contribution in [0.15, 0.2) is 32.9 Å². The summed E-state index contributed by atoms with van der Waals surface area (Å²) in [5, 5.41) is 38.0. The number of aromatic hydroxyl groups is 1. The number of thioether (sulfide) groups is 1. The second-order valence-electron chi connectivity index (χ2n) is 5.84. The third-order valence-corrected chi connectivity index (χ3v) is 5.51. The summed E-state index contributed by atoms with van der Waals surface area (Å²) >= 11 is 4.71. The first-order valence-corrected chi connectivity index (χ1v) is 9.82. The third-order valence-electron chi connectivity index (χ3n) is 3.90. The van der Waals surface area contributed by atoms with Crippen molar-refractivity contribution in [3.63, 3.8) is 0 Å². The standard InChI is InChI=1S/C16H16BrN7O3S/c1-9-15(24(26)27)10(2)22(21-9)8-28-16-20-19-11(3)23(16)18-7-12-6-13(25)4-5-14(12)17/h4-7,25H,8H2,1-3H3. The Morgan fingerprint density at radius 1 is 1.36 bits per heavy atom. The maximum absolute atomic E-state index is 11.1. The number of benzene rings is 1. The fraction of sp³-hybridized carbons (Fsp3) is 0.250. The number of phenols is 1. The lowest BCUT2D eigenvalue weighted by Gasteiger charge is -2.04. The molecule has 3 aromatic rings. The van der Waals surface area contributed by atoms with Crippen LogP contribution in [0.4, 0.5) is 5.69 Å². The molecule has 0 saturated heterocycles. The fourth-order valence-corrected chi connectivity index (χ4v) is 3.75. The number of hydrogen-bond donors (Lipinski definition) is 1. The second kappa shape index (κ2) is 8.10. The molecule has 0 atom stereocenters. The molecule has 0 spiro atoms. The van der Waals surface area contributed by atoms with Gasteiger partial charge in [0.1, 0.15) is 17.1 Å². The van der Waals surface area contributed by atoms with Crippen molar-refractivity contribution in [3.05, 3.63) is 55.6 Å². The number of nitro groups is 1. The molecule has 0 radical (unpaired) electrons. The Morgan fingerprint density at radius 3 is 2.79 bits per heavy atom. The van der Waals surface area contributed by atoms with Crippen LogP contribution in [0.25, 0.3) is 0 Å². The van der Waals surface area contributed by atoms with E-state index >= 15 is 0 Å². The van der Waals surface area contributed by atoms with E-state index in [0.29, 0.717) is 33.8 Å². The average Bonchev–Trinajstić information content (AvgIpc) is 3.12. The van der Waals surface area contributed by atoms with Crippen molar-refractivity contribution in [3.8, 4) is 5.75 Å². The molecule has 0 amide bonds. The molecule has 28 heavy (non-hydrogen) atoms. The Hall–Kier alpha value is -2.73. The second-order valence-corrected chi connectivity index (χ2v) is 7.61. The zero-order chi connectivity index (χ0) is 20.4. The van der Waals surface area contributed by atoms with Gasteiger partial charge in [0, 0.05) is 10.0 Å². The summed E-state index contributed by atoms with van der Waals surface area (Å²) in [4.78, 5) is 10.7. The van der Waals surface area contributed by atoms with Crippen molar-refractivity contribution in [2.24, 2.45) is 5.10 Å². The maximum Gasteiger partial charge on any atom is 0.312 e. The van der Waals surface area contributed by atoms with Crippen LogP contribution >= 0.6 is 27.7 Å². The SMILES string of the molecule is Cc1nn(CSc2nnc(C)n2N=Cc2cc(O)ccc2Br)c(C)c1[N+](=O)[O-]. The Balaban J connectivity index is 1.82. The lowest BCUT2D eigenvalue weighted by molar-refractivity contribution is -0.386. The Morgan fingerprint density at radius 2 is 2.11 bits per heavy atom. The van der Waals surface area contributed by atoms with Crippen molar-refractivity contribution >= 4 is 39.6 Å². The van der Waals surface area contributed by atoms with Gasteiger partial charge in [-0.25, -0.2) is 0 Å². The predicted molar refractivity (Wildman–Crippen MR) is 108 cm³/mol. The molecule has 0 saturated carbocycles. The number of aryl methyl sites for hydroxylation is 2. The van der Waals surface area contributed by atoms with E-state index in [9.17, 15) is 15.2 Å². The summed E-state index contributed by atoms with van der Waals surface area (Å²) < 4.78 is 3.90. The maximum atomic E-state index is 11.1. The topological polar surface area (TPSA) is 124 Å². The highest BCUT2D eigenvalue weighted by Gasteiger charge is 2.22. The first-order valence-electron chi connectivity index (χ1n) is 8.04. The van der Waals surface area contributed by atoms with Crippen LogP contribution in [-0.2, 0) is 5.88 Å². The van der Waals surface area contributed by atoms with E-state index < -0.39 is 4.92 Å². The van der Waals surface area contributed by atoms with Crippen LogP contribution in [0.5, 0.6) is 5.75 Å². The molecular formula is C16H16BrN7O3S. The van der Waals surface area contributed by atoms with Crippen LogP contribution < -0.4 is 0 Å². The van der Waals surface area contributed by atoms with Gasteiger partial charge in [-0.1, -0.05) is 27.7 Å². The molecule has 0 aliphatic carbocycles. The van der Waals surface area contributed by atoms with Gasteiger partial charge < -0.3 is 5.11 Å². The summed E-state index contributed by atoms with van der Waals surface area (Å²) in [6.07, 6.45) is 1.58. The van der Waals surface area contributed by atoms with Crippen molar-refractivity contribution in [2.75, 3.05) is 0 Å². The lowest BCUT2D eigenvalue weighted by atomic mass is 10.2. The molecule has 0 aliphatic rings. The molecule has 0 unspecified atom stereocenters. The number of halogens is 1. The van der Waals surface area contributed by atoms with Crippen LogP contribution in [0, 0.1) is 30.9 Å². The highest BCUT2D eigenvalue weighted by atomic mass is 79.9. The monoisotopic (exact) mass is 465 g/mol. The smallest absolute Gasteiger partial charge is 0.312 e. The molecule has 12 heteroatoms. The molecule has 0 bridgehead atoms. The van der Waals surface area contributed by atoms with Gasteiger partial charge in [-0.05, 0) is 39.0 Å². The molecule has 2 aromatic heterocycles. The minimum absolute atomic E-state index is 0.0185. The van der Waals surface area contributed by atoms with Gasteiger partial charge in [-0.2, -0.15) is 14.9 Å². The first-order chi connectivity index (χ1) is 13.3. The fourth-order valence-electron chi connectivity index (χ4n) is 2.51. The largest absolute Gasteiger partial charge is 0.508 e. The zero-order valence-corrected chi connectivity index (χ0v) is 17.6. The highest BCUT2D eigenvalue weighted by Crippen LogP contribution is 2.26. The number of aromatic nitrogens is 5. The van der Waals surface area contributed by atoms with E-state index in [4.69, 9.17) is 0 Å². The van der Waals surface area contributed by atoms with Gasteiger partial charge in [0.05, 0.1) is 17.0 Å². The van der Waals surface area contributed by atoms with Crippen LogP contribution in [-0.4, -0.2) is 40.9 Å². The van der Waals surface area contributed by atoms with Crippen molar-refractivity contribution in [1.29, 1.82) is 0 Å². The van der Waals surface area contributed by atoms with Gasteiger partial charge in [0.25, 0.3) is 0 Å². The Bertz CT molecular complexity index is 1080. The van der Waals surface area contributed by atoms with Gasteiger partial charge >= 0.3 is 5.69 Å². The predicted octanol–water partition coefficient (Wildman–Crippen LogP) is 3.41. The number of nitrogens with zero attached hydrogens (tertiary/aromatic N) is 7. The van der Waals surface area contributed by atoms with Crippen molar-refractivity contribution < 1.29 is 10.0 Å². The van der Waals surface area contributed by atoms with E-state index in [0.717, 1.165) is 4.47 Å². The van der Waals surface area contributed by atoms with E-state index in [1.165, 1.54) is 11.8 Å². The van der Waals surface area contributed by atoms with Crippen molar-refractivity contribution in [1.82, 2.24) is 24.7 Å². The summed E-state index contributed by atoms with van der Waals surface area (Å²) in [7, 11) is 0. The number of hydrogen-bond acceptors (Lipinski definition) is 8. The number of phenolic OH excluding ortho intramolecular Hbond substituents is 1. The molecule has 10 nitrogen and oxygen atoms in total. The number of rotatable bonds is 6. The van der Waals surface area contributed by atoms with Crippen LogP contribution in [0.2, 0.25) is 0 Å². The lowest BCUT2D eigenvalue weighted by Crippen LogP contribution is -2.02. The summed E-state index contributed by atoms with van der Waals surface area (Å²) in [6, 6.07) is 4.87. The molecule has 0 fully saturated rings. The van der Waals surface area contributed by atoms with Gasteiger partial charge in [0.15, 0.2) is 5.82 Å². The molecular weight excluding hydrogens is 450 g/mol. The van der Waals surface area contributed by atoms with Crippen LogP contribution in [0.1, 0.15) is 22.8 Å². The third kappa shape index (κ3) is 4.07. The molecule has 1 N–H and O–H groups in total. The average molecular weight is 466 g/mol. The Labute approximate surface area is 172 Å². The minimum atomic E-state index is -0.428. The van der Waals surface area contributed by atoms with E-state index in [1.807, 2.05) is 0 Å². The van der Waals surface area contributed by atoms with Gasteiger partial charge in [0.2, 0.25) is 5.16 Å². The molecule has 1 aromatic carbocycles.